The van der Waals surface area contributed by atoms with Gasteiger partial charge in [0.05, 0.1) is 5.75 Å². The van der Waals surface area contributed by atoms with E-state index in [1.807, 2.05) is 11.4 Å². The minimum atomic E-state index is -3.15. The lowest BCUT2D eigenvalue weighted by Crippen LogP contribution is -2.26. The van der Waals surface area contributed by atoms with Crippen molar-refractivity contribution in [2.45, 2.75) is 32.7 Å². The Morgan fingerprint density at radius 1 is 1.32 bits per heavy atom. The van der Waals surface area contributed by atoms with Crippen LogP contribution in [0.5, 0.6) is 0 Å². The first-order valence-electron chi connectivity index (χ1n) is 6.44. The molecule has 0 saturated carbocycles. The molecule has 0 bridgehead atoms. The molecule has 1 rings (SSSR count). The SMILES string of the molecule is CCCNCCCCS(=O)(=O)NCc1cc(Br)cs1. The third-order valence-corrected chi connectivity index (χ3v) is 5.64. The van der Waals surface area contributed by atoms with Crippen molar-refractivity contribution < 1.29 is 8.42 Å². The van der Waals surface area contributed by atoms with Crippen molar-refractivity contribution in [2.75, 3.05) is 18.8 Å². The Morgan fingerprint density at radius 2 is 2.11 bits per heavy atom. The van der Waals surface area contributed by atoms with Crippen LogP contribution in [-0.2, 0) is 16.6 Å². The minimum absolute atomic E-state index is 0.202. The number of nitrogens with one attached hydrogen (secondary N) is 2. The fourth-order valence-corrected chi connectivity index (χ4v) is 4.13. The van der Waals surface area contributed by atoms with Crippen LogP contribution in [0.3, 0.4) is 0 Å². The summed E-state index contributed by atoms with van der Waals surface area (Å²) < 4.78 is 27.1. The molecule has 0 spiro atoms. The lowest BCUT2D eigenvalue weighted by atomic mass is 10.3. The molecule has 7 heteroatoms. The van der Waals surface area contributed by atoms with E-state index in [-0.39, 0.29) is 5.75 Å². The molecule has 0 fully saturated rings. The second-order valence-electron chi connectivity index (χ2n) is 4.33. The highest BCUT2D eigenvalue weighted by Crippen LogP contribution is 2.19. The van der Waals surface area contributed by atoms with E-state index in [0.717, 1.165) is 35.3 Å². The van der Waals surface area contributed by atoms with Gasteiger partial charge in [-0.25, -0.2) is 13.1 Å². The second-order valence-corrected chi connectivity index (χ2v) is 8.17. The van der Waals surface area contributed by atoms with Crippen LogP contribution in [-0.4, -0.2) is 27.3 Å². The van der Waals surface area contributed by atoms with Crippen molar-refractivity contribution in [1.29, 1.82) is 0 Å². The highest BCUT2D eigenvalue weighted by molar-refractivity contribution is 9.10. The summed E-state index contributed by atoms with van der Waals surface area (Å²) in [5, 5.41) is 5.21. The average Bonchev–Trinajstić information content (AvgIpc) is 2.77. The van der Waals surface area contributed by atoms with Gasteiger partial charge in [0.25, 0.3) is 0 Å². The maximum atomic E-state index is 11.8. The number of thiophene rings is 1. The largest absolute Gasteiger partial charge is 0.317 e. The van der Waals surface area contributed by atoms with Gasteiger partial charge in [0, 0.05) is 21.3 Å². The first-order valence-corrected chi connectivity index (χ1v) is 9.77. The summed E-state index contributed by atoms with van der Waals surface area (Å²) in [6.45, 7) is 4.39. The van der Waals surface area contributed by atoms with Crippen LogP contribution in [0.4, 0.5) is 0 Å². The van der Waals surface area contributed by atoms with Crippen molar-refractivity contribution in [2.24, 2.45) is 0 Å². The Balaban J connectivity index is 2.17. The Labute approximate surface area is 128 Å². The monoisotopic (exact) mass is 368 g/mol. The van der Waals surface area contributed by atoms with E-state index in [0.29, 0.717) is 13.0 Å². The van der Waals surface area contributed by atoms with E-state index in [1.165, 1.54) is 0 Å². The third kappa shape index (κ3) is 8.04. The van der Waals surface area contributed by atoms with Crippen LogP contribution in [0.2, 0.25) is 0 Å². The van der Waals surface area contributed by atoms with Gasteiger partial charge in [-0.2, -0.15) is 0 Å². The third-order valence-electron chi connectivity index (χ3n) is 2.53. The van der Waals surface area contributed by atoms with E-state index in [9.17, 15) is 8.42 Å². The molecule has 19 heavy (non-hydrogen) atoms. The molecule has 1 aromatic rings. The molecule has 0 aliphatic heterocycles. The molecular formula is C12H21BrN2O2S2. The summed E-state index contributed by atoms with van der Waals surface area (Å²) in [5.41, 5.74) is 0. The summed E-state index contributed by atoms with van der Waals surface area (Å²) in [6, 6.07) is 1.93. The molecular weight excluding hydrogens is 348 g/mol. The molecule has 0 amide bonds. The fourth-order valence-electron chi connectivity index (χ4n) is 1.54. The van der Waals surface area contributed by atoms with Gasteiger partial charge in [0.2, 0.25) is 10.0 Å². The summed E-state index contributed by atoms with van der Waals surface area (Å²) in [4.78, 5) is 1.01. The lowest BCUT2D eigenvalue weighted by Gasteiger charge is -2.06. The standard InChI is InChI=1S/C12H21BrN2O2S2/c1-2-5-14-6-3-4-7-19(16,17)15-9-12-8-11(13)10-18-12/h8,10,14-15H,2-7,9H2,1H3. The molecule has 0 saturated heterocycles. The van der Waals surface area contributed by atoms with Gasteiger partial charge in [0.15, 0.2) is 0 Å². The number of rotatable bonds is 10. The van der Waals surface area contributed by atoms with E-state index in [1.54, 1.807) is 11.3 Å². The predicted molar refractivity (Wildman–Crippen MR) is 85.0 cm³/mol. The Hall–Kier alpha value is 0.0500. The van der Waals surface area contributed by atoms with Gasteiger partial charge in [-0.3, -0.25) is 0 Å². The highest BCUT2D eigenvalue weighted by Gasteiger charge is 2.10. The van der Waals surface area contributed by atoms with Gasteiger partial charge in [-0.05, 0) is 54.3 Å². The van der Waals surface area contributed by atoms with Crippen molar-refractivity contribution in [3.8, 4) is 0 Å². The first kappa shape index (κ1) is 17.1. The van der Waals surface area contributed by atoms with E-state index in [2.05, 4.69) is 32.9 Å². The molecule has 0 unspecified atom stereocenters. The maximum absolute atomic E-state index is 11.8. The number of hydrogen-bond acceptors (Lipinski definition) is 4. The van der Waals surface area contributed by atoms with Crippen molar-refractivity contribution >= 4 is 37.3 Å². The average molecular weight is 369 g/mol. The molecule has 0 aliphatic carbocycles. The Kier molecular flexibility index (Phi) is 8.17. The summed E-state index contributed by atoms with van der Waals surface area (Å²) in [6.07, 6.45) is 2.70. The smallest absolute Gasteiger partial charge is 0.211 e. The summed E-state index contributed by atoms with van der Waals surface area (Å²) >= 11 is 4.89. The molecule has 1 heterocycles. The van der Waals surface area contributed by atoms with E-state index in [4.69, 9.17) is 0 Å². The Morgan fingerprint density at radius 3 is 2.74 bits per heavy atom. The second kappa shape index (κ2) is 9.07. The number of sulfonamides is 1. The van der Waals surface area contributed by atoms with Gasteiger partial charge < -0.3 is 5.32 Å². The highest BCUT2D eigenvalue weighted by atomic mass is 79.9. The van der Waals surface area contributed by atoms with Crippen molar-refractivity contribution in [3.05, 3.63) is 20.8 Å². The molecule has 0 radical (unpaired) electrons. The zero-order chi connectivity index (χ0) is 14.1. The molecule has 4 nitrogen and oxygen atoms in total. The van der Waals surface area contributed by atoms with Crippen LogP contribution in [0, 0.1) is 0 Å². The van der Waals surface area contributed by atoms with Crippen LogP contribution in [0.25, 0.3) is 0 Å². The lowest BCUT2D eigenvalue weighted by molar-refractivity contribution is 0.573. The van der Waals surface area contributed by atoms with Gasteiger partial charge in [-0.1, -0.05) is 6.92 Å². The fraction of sp³-hybridized carbons (Fsp3) is 0.667. The molecule has 1 aromatic heterocycles. The van der Waals surface area contributed by atoms with Crippen LogP contribution < -0.4 is 10.0 Å². The molecule has 110 valence electrons. The molecule has 2 N–H and O–H groups in total. The summed E-state index contributed by atoms with van der Waals surface area (Å²) in [5.74, 6) is 0.202. The van der Waals surface area contributed by atoms with E-state index >= 15 is 0 Å². The van der Waals surface area contributed by atoms with Crippen LogP contribution in [0.15, 0.2) is 15.9 Å². The van der Waals surface area contributed by atoms with Gasteiger partial charge in [0.1, 0.15) is 0 Å². The van der Waals surface area contributed by atoms with Gasteiger partial charge >= 0.3 is 0 Å². The van der Waals surface area contributed by atoms with Crippen molar-refractivity contribution in [1.82, 2.24) is 10.0 Å². The quantitative estimate of drug-likeness (QED) is 0.624. The maximum Gasteiger partial charge on any atom is 0.211 e. The Bertz CT molecular complexity index is 460. The van der Waals surface area contributed by atoms with Crippen LogP contribution >= 0.6 is 27.3 Å². The number of halogens is 1. The molecule has 0 atom stereocenters. The number of unbranched alkanes of at least 4 members (excludes halogenated alkanes) is 1. The first-order chi connectivity index (χ1) is 9.03. The van der Waals surface area contributed by atoms with Gasteiger partial charge in [-0.15, -0.1) is 11.3 Å². The minimum Gasteiger partial charge on any atom is -0.317 e. The van der Waals surface area contributed by atoms with Crippen LogP contribution in [0.1, 0.15) is 31.1 Å². The normalized spacial score (nSPS) is 11.9. The summed E-state index contributed by atoms with van der Waals surface area (Å²) in [7, 11) is -3.15. The van der Waals surface area contributed by atoms with E-state index < -0.39 is 10.0 Å². The number of hydrogen-bond donors (Lipinski definition) is 2. The molecule has 0 aliphatic rings. The predicted octanol–water partition coefficient (Wildman–Crippen LogP) is 2.71. The van der Waals surface area contributed by atoms with Crippen molar-refractivity contribution in [3.63, 3.8) is 0 Å². The zero-order valence-electron chi connectivity index (χ0n) is 11.1. The topological polar surface area (TPSA) is 58.2 Å². The zero-order valence-corrected chi connectivity index (χ0v) is 14.3. The molecule has 0 aromatic carbocycles.